The first kappa shape index (κ1) is 15.7. The van der Waals surface area contributed by atoms with Gasteiger partial charge < -0.3 is 5.32 Å². The lowest BCUT2D eigenvalue weighted by Gasteiger charge is -2.28. The number of aryl methyl sites for hydroxylation is 1. The molecule has 1 saturated heterocycles. The fraction of sp³-hybridized carbons (Fsp3) is 0.333. The van der Waals surface area contributed by atoms with Crippen molar-refractivity contribution in [3.8, 4) is 0 Å². The van der Waals surface area contributed by atoms with Gasteiger partial charge in [0.2, 0.25) is 18.2 Å². The highest BCUT2D eigenvalue weighted by Crippen LogP contribution is 2.19. The summed E-state index contributed by atoms with van der Waals surface area (Å²) in [7, 11) is 1.76. The van der Waals surface area contributed by atoms with Crippen LogP contribution in [0.25, 0.3) is 0 Å². The summed E-state index contributed by atoms with van der Waals surface area (Å²) in [5.41, 5.74) is 1.87. The molecule has 1 atom stereocenters. The van der Waals surface area contributed by atoms with Gasteiger partial charge in [-0.15, -0.1) is 0 Å². The van der Waals surface area contributed by atoms with E-state index in [0.717, 1.165) is 10.6 Å². The van der Waals surface area contributed by atoms with Crippen LogP contribution in [0.3, 0.4) is 0 Å². The van der Waals surface area contributed by atoms with Gasteiger partial charge in [0, 0.05) is 24.7 Å². The second-order valence-corrected chi connectivity index (χ2v) is 5.06. The summed E-state index contributed by atoms with van der Waals surface area (Å²) in [4.78, 5) is 47.7. The quantitative estimate of drug-likeness (QED) is 0.621. The highest BCUT2D eigenvalue weighted by molar-refractivity contribution is 6.07. The van der Waals surface area contributed by atoms with Crippen LogP contribution in [0.2, 0.25) is 0 Å². The fourth-order valence-corrected chi connectivity index (χ4v) is 2.41. The third-order valence-corrected chi connectivity index (χ3v) is 3.64. The lowest BCUT2D eigenvalue weighted by atomic mass is 10.0. The number of carbonyl (C=O) groups excluding carboxylic acids is 4. The van der Waals surface area contributed by atoms with E-state index < -0.39 is 23.8 Å². The molecule has 7 nitrogen and oxygen atoms in total. The Labute approximate surface area is 127 Å². The number of piperidine rings is 1. The molecule has 7 heteroatoms. The van der Waals surface area contributed by atoms with Gasteiger partial charge in [0.15, 0.2) is 0 Å². The molecular formula is C15H17N3O4. The summed E-state index contributed by atoms with van der Waals surface area (Å²) in [5.74, 6) is -1.57. The number of anilines is 1. The van der Waals surface area contributed by atoms with E-state index in [1.807, 2.05) is 0 Å². The van der Waals surface area contributed by atoms with Crippen molar-refractivity contribution in [1.29, 1.82) is 0 Å². The average Bonchev–Trinajstić information content (AvgIpc) is 2.49. The van der Waals surface area contributed by atoms with Gasteiger partial charge in [0.25, 0.3) is 5.91 Å². The number of hydrogen-bond donors (Lipinski definition) is 2. The van der Waals surface area contributed by atoms with Crippen molar-refractivity contribution in [2.24, 2.45) is 0 Å². The highest BCUT2D eigenvalue weighted by atomic mass is 16.2. The van der Waals surface area contributed by atoms with Crippen molar-refractivity contribution < 1.29 is 19.2 Å². The van der Waals surface area contributed by atoms with Crippen molar-refractivity contribution >= 4 is 29.8 Å². The van der Waals surface area contributed by atoms with Crippen LogP contribution in [-0.4, -0.2) is 42.1 Å². The first-order valence-electron chi connectivity index (χ1n) is 6.88. The van der Waals surface area contributed by atoms with E-state index in [-0.39, 0.29) is 12.8 Å². The molecule has 2 rings (SSSR count). The van der Waals surface area contributed by atoms with E-state index in [2.05, 4.69) is 10.6 Å². The Balaban J connectivity index is 2.27. The normalized spacial score (nSPS) is 17.6. The molecular weight excluding hydrogens is 286 g/mol. The van der Waals surface area contributed by atoms with Gasteiger partial charge in [-0.1, -0.05) is 0 Å². The summed E-state index contributed by atoms with van der Waals surface area (Å²) < 4.78 is 0. The van der Waals surface area contributed by atoms with Crippen LogP contribution >= 0.6 is 0 Å². The van der Waals surface area contributed by atoms with E-state index in [4.69, 9.17) is 0 Å². The van der Waals surface area contributed by atoms with Crippen LogP contribution in [0.4, 0.5) is 5.69 Å². The number of nitrogens with zero attached hydrogens (tertiary/aromatic N) is 1. The van der Waals surface area contributed by atoms with Crippen LogP contribution in [0.1, 0.15) is 28.8 Å². The van der Waals surface area contributed by atoms with E-state index in [1.165, 1.54) is 0 Å². The average molecular weight is 303 g/mol. The van der Waals surface area contributed by atoms with Gasteiger partial charge in [-0.2, -0.15) is 0 Å². The molecule has 1 aliphatic heterocycles. The number of imide groups is 2. The molecule has 1 fully saturated rings. The highest BCUT2D eigenvalue weighted by Gasteiger charge is 2.35. The number of carbonyl (C=O) groups is 4. The molecule has 1 aliphatic rings. The van der Waals surface area contributed by atoms with Gasteiger partial charge in [0.1, 0.15) is 6.04 Å². The Bertz CT molecular complexity index is 642. The minimum Gasteiger partial charge on any atom is -0.388 e. The molecule has 1 heterocycles. The predicted octanol–water partition coefficient (Wildman–Crippen LogP) is 0.441. The van der Waals surface area contributed by atoms with Gasteiger partial charge in [0.05, 0.1) is 0 Å². The van der Waals surface area contributed by atoms with E-state index in [9.17, 15) is 19.2 Å². The van der Waals surface area contributed by atoms with Crippen LogP contribution < -0.4 is 10.6 Å². The summed E-state index contributed by atoms with van der Waals surface area (Å²) in [6, 6.07) is 4.14. The van der Waals surface area contributed by atoms with Gasteiger partial charge >= 0.3 is 0 Å². The minimum absolute atomic E-state index is 0.103. The maximum Gasteiger partial charge on any atom is 0.261 e. The molecule has 1 aromatic rings. The first-order valence-corrected chi connectivity index (χ1v) is 6.88. The van der Waals surface area contributed by atoms with Crippen molar-refractivity contribution in [3.63, 3.8) is 0 Å². The summed E-state index contributed by atoms with van der Waals surface area (Å²) in [6.07, 6.45) is 0.586. The Morgan fingerprint density at radius 1 is 1.41 bits per heavy atom. The smallest absolute Gasteiger partial charge is 0.261 e. The summed E-state index contributed by atoms with van der Waals surface area (Å²) in [5, 5.41) is 5.10. The van der Waals surface area contributed by atoms with Crippen LogP contribution in [0.5, 0.6) is 0 Å². The molecule has 116 valence electrons. The topological polar surface area (TPSA) is 95.6 Å². The molecule has 0 radical (unpaired) electrons. The molecule has 0 aliphatic carbocycles. The SMILES string of the molecule is CNc1ccc(C(=O)N(C=O)C2CCC(=O)NC2=O)c(C)c1. The molecule has 2 N–H and O–H groups in total. The molecule has 1 unspecified atom stereocenters. The Hall–Kier alpha value is -2.70. The Morgan fingerprint density at radius 2 is 2.14 bits per heavy atom. The summed E-state index contributed by atoms with van der Waals surface area (Å²) in [6.45, 7) is 1.75. The molecule has 1 aromatic carbocycles. The van der Waals surface area contributed by atoms with Gasteiger partial charge in [-0.25, -0.2) is 0 Å². The van der Waals surface area contributed by atoms with E-state index in [1.54, 1.807) is 32.2 Å². The fourth-order valence-electron chi connectivity index (χ4n) is 2.41. The third kappa shape index (κ3) is 2.98. The zero-order valence-electron chi connectivity index (χ0n) is 12.4. The number of hydrogen-bond acceptors (Lipinski definition) is 5. The molecule has 0 aromatic heterocycles. The summed E-state index contributed by atoms with van der Waals surface area (Å²) >= 11 is 0. The maximum absolute atomic E-state index is 12.5. The van der Waals surface area contributed by atoms with Crippen molar-refractivity contribution in [3.05, 3.63) is 29.3 Å². The molecule has 0 spiro atoms. The second kappa shape index (κ2) is 6.38. The van der Waals surface area contributed by atoms with Crippen molar-refractivity contribution in [2.45, 2.75) is 25.8 Å². The van der Waals surface area contributed by atoms with E-state index in [0.29, 0.717) is 17.5 Å². The monoisotopic (exact) mass is 303 g/mol. The Kier molecular flexibility index (Phi) is 4.55. The lowest BCUT2D eigenvalue weighted by molar-refractivity contribution is -0.139. The molecule has 4 amide bonds. The number of benzene rings is 1. The number of rotatable bonds is 4. The lowest BCUT2D eigenvalue weighted by Crippen LogP contribution is -2.53. The van der Waals surface area contributed by atoms with Crippen molar-refractivity contribution in [1.82, 2.24) is 10.2 Å². The first-order chi connectivity index (χ1) is 10.5. The Morgan fingerprint density at radius 3 is 2.68 bits per heavy atom. The molecule has 0 saturated carbocycles. The van der Waals surface area contributed by atoms with Gasteiger partial charge in [-0.05, 0) is 37.1 Å². The largest absolute Gasteiger partial charge is 0.388 e. The maximum atomic E-state index is 12.5. The zero-order chi connectivity index (χ0) is 16.3. The molecule has 22 heavy (non-hydrogen) atoms. The van der Waals surface area contributed by atoms with Crippen LogP contribution in [0.15, 0.2) is 18.2 Å². The standard InChI is InChI=1S/C15H17N3O4/c1-9-7-10(16-2)3-4-11(9)15(22)18(8-19)12-5-6-13(20)17-14(12)21/h3-4,7-8,12,16H,5-6H2,1-2H3,(H,17,20,21). The van der Waals surface area contributed by atoms with Gasteiger partial charge in [-0.3, -0.25) is 29.4 Å². The second-order valence-electron chi connectivity index (χ2n) is 5.06. The third-order valence-electron chi connectivity index (χ3n) is 3.64. The number of nitrogens with one attached hydrogen (secondary N) is 2. The van der Waals surface area contributed by atoms with Crippen LogP contribution in [0, 0.1) is 6.92 Å². The van der Waals surface area contributed by atoms with E-state index >= 15 is 0 Å². The van der Waals surface area contributed by atoms with Crippen molar-refractivity contribution in [2.75, 3.05) is 12.4 Å². The minimum atomic E-state index is -0.953. The van der Waals surface area contributed by atoms with Crippen LogP contribution in [-0.2, 0) is 14.4 Å². The zero-order valence-corrected chi connectivity index (χ0v) is 12.4. The predicted molar refractivity (Wildman–Crippen MR) is 79.1 cm³/mol. The molecule has 0 bridgehead atoms. The number of amides is 4.